The Balaban J connectivity index is 2.10. The Morgan fingerprint density at radius 2 is 2.10 bits per heavy atom. The van der Waals surface area contributed by atoms with Crippen molar-refractivity contribution in [3.05, 3.63) is 58.7 Å². The molecule has 0 saturated heterocycles. The molecule has 2 aromatic rings. The van der Waals surface area contributed by atoms with Gasteiger partial charge in [-0.1, -0.05) is 23.7 Å². The van der Waals surface area contributed by atoms with Crippen LogP contribution in [0.5, 0.6) is 0 Å². The summed E-state index contributed by atoms with van der Waals surface area (Å²) in [5.41, 5.74) is 1.53. The molecule has 0 aliphatic carbocycles. The Hall–Kier alpha value is -2.07. The van der Waals surface area contributed by atoms with Crippen molar-refractivity contribution in [1.29, 1.82) is 0 Å². The zero-order valence-electron chi connectivity index (χ0n) is 11.4. The molecular formula is C15H16ClN3O. The molecule has 5 heteroatoms. The molecule has 1 atom stereocenters. The zero-order valence-corrected chi connectivity index (χ0v) is 12.1. The average Bonchev–Trinajstić information content (AvgIpc) is 2.47. The molecule has 1 amide bonds. The summed E-state index contributed by atoms with van der Waals surface area (Å²) < 4.78 is 0. The third-order valence-corrected chi connectivity index (χ3v) is 3.21. The monoisotopic (exact) mass is 289 g/mol. The highest BCUT2D eigenvalue weighted by Crippen LogP contribution is 2.18. The van der Waals surface area contributed by atoms with Gasteiger partial charge in [-0.05, 0) is 36.8 Å². The van der Waals surface area contributed by atoms with Crippen molar-refractivity contribution in [2.75, 3.05) is 12.4 Å². The maximum absolute atomic E-state index is 12.2. The highest BCUT2D eigenvalue weighted by atomic mass is 35.5. The van der Waals surface area contributed by atoms with Crippen LogP contribution in [0.2, 0.25) is 5.02 Å². The van der Waals surface area contributed by atoms with Gasteiger partial charge in [0.2, 0.25) is 0 Å². The molecule has 0 bridgehead atoms. The van der Waals surface area contributed by atoms with Gasteiger partial charge < -0.3 is 10.6 Å². The molecule has 104 valence electrons. The summed E-state index contributed by atoms with van der Waals surface area (Å²) in [6, 6.07) is 10.7. The molecule has 1 heterocycles. The van der Waals surface area contributed by atoms with Crippen LogP contribution in [0.25, 0.3) is 0 Å². The second-order valence-electron chi connectivity index (χ2n) is 4.43. The number of carbonyl (C=O) groups excluding carboxylic acids is 1. The molecule has 0 radical (unpaired) electrons. The molecule has 0 saturated carbocycles. The first-order valence-corrected chi connectivity index (χ1v) is 6.68. The highest BCUT2D eigenvalue weighted by molar-refractivity contribution is 6.30. The Kier molecular flexibility index (Phi) is 4.58. The standard InChI is InChI=1S/C15H16ClN3O/c1-10(11-4-3-5-13(16)8-11)19-15(20)12-6-7-18-14(9-12)17-2/h3-10H,1-2H3,(H,17,18)(H,19,20). The van der Waals surface area contributed by atoms with E-state index in [4.69, 9.17) is 11.6 Å². The van der Waals surface area contributed by atoms with Gasteiger partial charge >= 0.3 is 0 Å². The first kappa shape index (κ1) is 14.3. The lowest BCUT2D eigenvalue weighted by molar-refractivity contribution is 0.0940. The van der Waals surface area contributed by atoms with Crippen molar-refractivity contribution in [2.24, 2.45) is 0 Å². The summed E-state index contributed by atoms with van der Waals surface area (Å²) in [6.07, 6.45) is 1.60. The van der Waals surface area contributed by atoms with Gasteiger partial charge in [-0.3, -0.25) is 4.79 Å². The molecule has 1 unspecified atom stereocenters. The average molecular weight is 290 g/mol. The number of pyridine rings is 1. The van der Waals surface area contributed by atoms with E-state index in [2.05, 4.69) is 15.6 Å². The van der Waals surface area contributed by atoms with E-state index in [1.807, 2.05) is 31.2 Å². The van der Waals surface area contributed by atoms with Crippen molar-refractivity contribution in [2.45, 2.75) is 13.0 Å². The van der Waals surface area contributed by atoms with Gasteiger partial charge in [-0.25, -0.2) is 4.98 Å². The molecular weight excluding hydrogens is 274 g/mol. The van der Waals surface area contributed by atoms with Crippen molar-refractivity contribution in [3.63, 3.8) is 0 Å². The van der Waals surface area contributed by atoms with Crippen LogP contribution in [-0.2, 0) is 0 Å². The topological polar surface area (TPSA) is 54.0 Å². The number of hydrogen-bond donors (Lipinski definition) is 2. The predicted molar refractivity (Wildman–Crippen MR) is 81.1 cm³/mol. The van der Waals surface area contributed by atoms with E-state index in [0.717, 1.165) is 5.56 Å². The first-order chi connectivity index (χ1) is 9.60. The Labute approximate surface area is 123 Å². The fourth-order valence-corrected chi connectivity index (χ4v) is 2.05. The lowest BCUT2D eigenvalue weighted by atomic mass is 10.1. The van der Waals surface area contributed by atoms with Gasteiger partial charge in [0.15, 0.2) is 0 Å². The maximum atomic E-state index is 12.2. The van der Waals surface area contributed by atoms with Crippen LogP contribution in [0.4, 0.5) is 5.82 Å². The molecule has 1 aromatic heterocycles. The maximum Gasteiger partial charge on any atom is 0.251 e. The molecule has 0 spiro atoms. The molecule has 2 rings (SSSR count). The zero-order chi connectivity index (χ0) is 14.5. The van der Waals surface area contributed by atoms with E-state index in [0.29, 0.717) is 16.4 Å². The van der Waals surface area contributed by atoms with Crippen molar-refractivity contribution < 1.29 is 4.79 Å². The number of hydrogen-bond acceptors (Lipinski definition) is 3. The van der Waals surface area contributed by atoms with E-state index in [9.17, 15) is 4.79 Å². The van der Waals surface area contributed by atoms with Gasteiger partial charge in [0.05, 0.1) is 6.04 Å². The number of rotatable bonds is 4. The largest absolute Gasteiger partial charge is 0.373 e. The van der Waals surface area contributed by atoms with E-state index in [-0.39, 0.29) is 11.9 Å². The van der Waals surface area contributed by atoms with Crippen molar-refractivity contribution in [1.82, 2.24) is 10.3 Å². The number of benzene rings is 1. The number of halogens is 1. The second kappa shape index (κ2) is 6.39. The smallest absolute Gasteiger partial charge is 0.251 e. The highest BCUT2D eigenvalue weighted by Gasteiger charge is 2.12. The van der Waals surface area contributed by atoms with Gasteiger partial charge in [0, 0.05) is 23.8 Å². The van der Waals surface area contributed by atoms with Crippen LogP contribution in [0.15, 0.2) is 42.6 Å². The number of nitrogens with one attached hydrogen (secondary N) is 2. The number of anilines is 1. The van der Waals surface area contributed by atoms with Crippen LogP contribution in [0.3, 0.4) is 0 Å². The molecule has 0 fully saturated rings. The number of nitrogens with zero attached hydrogens (tertiary/aromatic N) is 1. The summed E-state index contributed by atoms with van der Waals surface area (Å²) in [5.74, 6) is 0.518. The molecule has 0 aliphatic rings. The minimum absolute atomic E-state index is 0.118. The van der Waals surface area contributed by atoms with Gasteiger partial charge in [0.1, 0.15) is 5.82 Å². The minimum atomic E-state index is -0.142. The van der Waals surface area contributed by atoms with Gasteiger partial charge in [0.25, 0.3) is 5.91 Å². The van der Waals surface area contributed by atoms with Gasteiger partial charge in [-0.15, -0.1) is 0 Å². The minimum Gasteiger partial charge on any atom is -0.373 e. The summed E-state index contributed by atoms with van der Waals surface area (Å²) >= 11 is 5.95. The Morgan fingerprint density at radius 1 is 1.30 bits per heavy atom. The number of amides is 1. The van der Waals surface area contributed by atoms with Crippen molar-refractivity contribution in [3.8, 4) is 0 Å². The first-order valence-electron chi connectivity index (χ1n) is 6.30. The van der Waals surface area contributed by atoms with Crippen LogP contribution in [-0.4, -0.2) is 17.9 Å². The molecule has 0 aliphatic heterocycles. The summed E-state index contributed by atoms with van der Waals surface area (Å²) in [5, 5.41) is 6.50. The van der Waals surface area contributed by atoms with E-state index >= 15 is 0 Å². The SMILES string of the molecule is CNc1cc(C(=O)NC(C)c2cccc(Cl)c2)ccn1. The van der Waals surface area contributed by atoms with Crippen molar-refractivity contribution >= 4 is 23.3 Å². The molecule has 20 heavy (non-hydrogen) atoms. The predicted octanol–water partition coefficient (Wildman–Crippen LogP) is 3.27. The van der Waals surface area contributed by atoms with Crippen LogP contribution < -0.4 is 10.6 Å². The van der Waals surface area contributed by atoms with E-state index in [1.165, 1.54) is 0 Å². The summed E-state index contributed by atoms with van der Waals surface area (Å²) in [4.78, 5) is 16.3. The number of aromatic nitrogens is 1. The Bertz CT molecular complexity index is 616. The fourth-order valence-electron chi connectivity index (χ4n) is 1.85. The third kappa shape index (κ3) is 3.48. The molecule has 4 nitrogen and oxygen atoms in total. The fraction of sp³-hybridized carbons (Fsp3) is 0.200. The molecule has 1 aromatic carbocycles. The third-order valence-electron chi connectivity index (χ3n) is 2.97. The van der Waals surface area contributed by atoms with E-state index < -0.39 is 0 Å². The second-order valence-corrected chi connectivity index (χ2v) is 4.87. The molecule has 2 N–H and O–H groups in total. The van der Waals surface area contributed by atoms with Crippen LogP contribution >= 0.6 is 11.6 Å². The summed E-state index contributed by atoms with van der Waals surface area (Å²) in [7, 11) is 1.76. The van der Waals surface area contributed by atoms with E-state index in [1.54, 1.807) is 25.4 Å². The van der Waals surface area contributed by atoms with Gasteiger partial charge in [-0.2, -0.15) is 0 Å². The quantitative estimate of drug-likeness (QED) is 0.908. The normalized spacial score (nSPS) is 11.8. The lowest BCUT2D eigenvalue weighted by Crippen LogP contribution is -2.26. The summed E-state index contributed by atoms with van der Waals surface area (Å²) in [6.45, 7) is 1.92. The number of carbonyl (C=O) groups is 1. The Morgan fingerprint density at radius 3 is 2.80 bits per heavy atom. The van der Waals surface area contributed by atoms with Crippen LogP contribution in [0.1, 0.15) is 28.9 Å². The van der Waals surface area contributed by atoms with Crippen LogP contribution in [0, 0.1) is 0 Å². The lowest BCUT2D eigenvalue weighted by Gasteiger charge is -2.15.